The van der Waals surface area contributed by atoms with E-state index in [-0.39, 0.29) is 5.75 Å². The summed E-state index contributed by atoms with van der Waals surface area (Å²) < 4.78 is 1.62. The van der Waals surface area contributed by atoms with Crippen molar-refractivity contribution in [3.63, 3.8) is 0 Å². The predicted octanol–water partition coefficient (Wildman–Crippen LogP) is 1.55. The molecular weight excluding hydrogens is 310 g/mol. The van der Waals surface area contributed by atoms with Crippen molar-refractivity contribution in [2.75, 3.05) is 12.4 Å². The van der Waals surface area contributed by atoms with Crippen molar-refractivity contribution in [1.82, 2.24) is 30.4 Å². The average Bonchev–Trinajstić information content (AvgIpc) is 3.15. The number of nitrogens with zero attached hydrogens (tertiary/aromatic N) is 6. The maximum atomic E-state index is 9.32. The molecule has 3 rings (SSSR count). The molecule has 21 heavy (non-hydrogen) atoms. The summed E-state index contributed by atoms with van der Waals surface area (Å²) in [4.78, 5) is 0. The average molecular weight is 321 g/mol. The van der Waals surface area contributed by atoms with Gasteiger partial charge in [-0.05, 0) is 34.7 Å². The van der Waals surface area contributed by atoms with Gasteiger partial charge in [-0.2, -0.15) is 4.68 Å². The van der Waals surface area contributed by atoms with Crippen molar-refractivity contribution in [2.24, 2.45) is 0 Å². The first-order valence-corrected chi connectivity index (χ1v) is 7.77. The number of hydrogen-bond acceptors (Lipinski definition) is 9. The van der Waals surface area contributed by atoms with Crippen LogP contribution in [0.15, 0.2) is 29.4 Å². The van der Waals surface area contributed by atoms with Crippen LogP contribution in [0.3, 0.4) is 0 Å². The summed E-state index contributed by atoms with van der Waals surface area (Å²) in [6.45, 7) is 0. The minimum atomic E-state index is 0.203. The molecule has 0 atom stereocenters. The molecule has 10 heteroatoms. The van der Waals surface area contributed by atoms with Crippen LogP contribution in [0.1, 0.15) is 5.01 Å². The molecule has 0 aliphatic heterocycles. The summed E-state index contributed by atoms with van der Waals surface area (Å²) in [6, 6.07) is 6.68. The summed E-state index contributed by atoms with van der Waals surface area (Å²) in [7, 11) is 1.81. The first-order chi connectivity index (χ1) is 10.3. The number of anilines is 1. The third-order valence-corrected chi connectivity index (χ3v) is 4.59. The molecule has 0 spiro atoms. The third-order valence-electron chi connectivity index (χ3n) is 2.54. The molecule has 108 valence electrons. The number of tetrazole rings is 1. The highest BCUT2D eigenvalue weighted by Gasteiger charge is 2.11. The van der Waals surface area contributed by atoms with Crippen molar-refractivity contribution in [2.45, 2.75) is 10.9 Å². The first kappa shape index (κ1) is 13.8. The van der Waals surface area contributed by atoms with Gasteiger partial charge in [-0.15, -0.1) is 15.3 Å². The van der Waals surface area contributed by atoms with Gasteiger partial charge in [0.25, 0.3) is 0 Å². The zero-order valence-electron chi connectivity index (χ0n) is 11.0. The summed E-state index contributed by atoms with van der Waals surface area (Å²) in [6.07, 6.45) is 0. The smallest absolute Gasteiger partial charge is 0.214 e. The second-order valence-electron chi connectivity index (χ2n) is 3.93. The Labute approximate surface area is 128 Å². The fraction of sp³-hybridized carbons (Fsp3) is 0.182. The molecule has 0 saturated heterocycles. The van der Waals surface area contributed by atoms with Crippen LogP contribution in [0.25, 0.3) is 5.69 Å². The zero-order chi connectivity index (χ0) is 14.7. The second kappa shape index (κ2) is 6.06. The highest BCUT2D eigenvalue weighted by molar-refractivity contribution is 7.98. The van der Waals surface area contributed by atoms with Gasteiger partial charge in [0.2, 0.25) is 10.3 Å². The molecule has 3 aromatic rings. The van der Waals surface area contributed by atoms with E-state index in [1.165, 1.54) is 23.1 Å². The number of aromatic nitrogens is 6. The number of phenolic OH excluding ortho intramolecular Hbond substituents is 1. The Kier molecular flexibility index (Phi) is 3.97. The fourth-order valence-electron chi connectivity index (χ4n) is 1.56. The monoisotopic (exact) mass is 321 g/mol. The van der Waals surface area contributed by atoms with Crippen molar-refractivity contribution in [1.29, 1.82) is 0 Å². The maximum absolute atomic E-state index is 9.32. The Morgan fingerprint density at radius 1 is 1.24 bits per heavy atom. The van der Waals surface area contributed by atoms with Crippen molar-refractivity contribution in [3.8, 4) is 11.4 Å². The molecule has 2 aromatic heterocycles. The second-order valence-corrected chi connectivity index (χ2v) is 5.93. The normalized spacial score (nSPS) is 10.7. The number of phenols is 1. The van der Waals surface area contributed by atoms with Gasteiger partial charge in [0.1, 0.15) is 10.8 Å². The lowest BCUT2D eigenvalue weighted by Gasteiger charge is -2.03. The van der Waals surface area contributed by atoms with E-state index in [0.29, 0.717) is 10.9 Å². The molecule has 0 bridgehead atoms. The van der Waals surface area contributed by atoms with Gasteiger partial charge in [0, 0.05) is 7.05 Å². The molecule has 8 nitrogen and oxygen atoms in total. The Morgan fingerprint density at radius 2 is 2.05 bits per heavy atom. The fourth-order valence-corrected chi connectivity index (χ4v) is 3.13. The predicted molar refractivity (Wildman–Crippen MR) is 79.8 cm³/mol. The van der Waals surface area contributed by atoms with Gasteiger partial charge in [0.05, 0.1) is 11.4 Å². The van der Waals surface area contributed by atoms with Gasteiger partial charge in [-0.1, -0.05) is 23.1 Å². The number of rotatable bonds is 5. The Morgan fingerprint density at radius 3 is 2.76 bits per heavy atom. The van der Waals surface area contributed by atoms with Crippen LogP contribution in [0, 0.1) is 0 Å². The van der Waals surface area contributed by atoms with E-state index in [1.807, 2.05) is 7.05 Å². The number of hydrogen-bond donors (Lipinski definition) is 2. The Bertz CT molecular complexity index is 724. The number of benzene rings is 1. The lowest BCUT2D eigenvalue weighted by molar-refractivity contribution is 0.475. The largest absolute Gasteiger partial charge is 0.508 e. The van der Waals surface area contributed by atoms with E-state index in [9.17, 15) is 5.11 Å². The van der Waals surface area contributed by atoms with Crippen LogP contribution in [0.5, 0.6) is 5.75 Å². The molecule has 2 heterocycles. The number of aromatic hydroxyl groups is 1. The number of thioether (sulfide) groups is 1. The number of nitrogens with one attached hydrogen (secondary N) is 1. The van der Waals surface area contributed by atoms with Gasteiger partial charge < -0.3 is 10.4 Å². The van der Waals surface area contributed by atoms with Crippen molar-refractivity contribution >= 4 is 28.2 Å². The quantitative estimate of drug-likeness (QED) is 0.683. The molecule has 0 radical (unpaired) electrons. The van der Waals surface area contributed by atoms with Crippen LogP contribution < -0.4 is 5.32 Å². The summed E-state index contributed by atoms with van der Waals surface area (Å²) in [5.41, 5.74) is 0.786. The summed E-state index contributed by atoms with van der Waals surface area (Å²) in [5, 5.41) is 34.3. The lowest BCUT2D eigenvalue weighted by atomic mass is 10.3. The summed E-state index contributed by atoms with van der Waals surface area (Å²) >= 11 is 2.97. The highest BCUT2D eigenvalue weighted by Crippen LogP contribution is 2.25. The minimum absolute atomic E-state index is 0.203. The molecule has 0 unspecified atom stereocenters. The molecule has 0 aliphatic rings. The standard InChI is InChI=1S/C11H11N7OS2/c1-12-10-14-13-9(21-10)6-20-11-15-16-17-18(11)7-2-4-8(19)5-3-7/h2-5,19H,6H2,1H3,(H,12,14). The van der Waals surface area contributed by atoms with Crippen molar-refractivity contribution < 1.29 is 5.11 Å². The highest BCUT2D eigenvalue weighted by atomic mass is 32.2. The van der Waals surface area contributed by atoms with Gasteiger partial charge >= 0.3 is 0 Å². The molecule has 0 amide bonds. The molecular formula is C11H11N7OS2. The van der Waals surface area contributed by atoms with Crippen LogP contribution in [-0.4, -0.2) is 42.6 Å². The van der Waals surface area contributed by atoms with Crippen LogP contribution in [0.4, 0.5) is 5.13 Å². The maximum Gasteiger partial charge on any atom is 0.214 e. The molecule has 0 saturated carbocycles. The van der Waals surface area contributed by atoms with Crippen LogP contribution in [-0.2, 0) is 5.75 Å². The van der Waals surface area contributed by atoms with E-state index in [0.717, 1.165) is 15.8 Å². The molecule has 1 aromatic carbocycles. The molecule has 0 aliphatic carbocycles. The van der Waals surface area contributed by atoms with Gasteiger partial charge in [0.15, 0.2) is 0 Å². The summed E-state index contributed by atoms with van der Waals surface area (Å²) in [5.74, 6) is 0.840. The van der Waals surface area contributed by atoms with E-state index >= 15 is 0 Å². The SMILES string of the molecule is CNc1nnc(CSc2nnnn2-c2ccc(O)cc2)s1. The topological polar surface area (TPSA) is 102 Å². The Balaban J connectivity index is 1.74. The van der Waals surface area contributed by atoms with E-state index in [2.05, 4.69) is 31.0 Å². The van der Waals surface area contributed by atoms with Gasteiger partial charge in [-0.3, -0.25) is 0 Å². The van der Waals surface area contributed by atoms with Gasteiger partial charge in [-0.25, -0.2) is 0 Å². The van der Waals surface area contributed by atoms with Crippen molar-refractivity contribution in [3.05, 3.63) is 29.3 Å². The molecule has 2 N–H and O–H groups in total. The van der Waals surface area contributed by atoms with Crippen LogP contribution >= 0.6 is 23.1 Å². The Hall–Kier alpha value is -2.20. The van der Waals surface area contributed by atoms with E-state index in [4.69, 9.17) is 0 Å². The lowest BCUT2D eigenvalue weighted by Crippen LogP contribution is -1.98. The first-order valence-electron chi connectivity index (χ1n) is 5.97. The third kappa shape index (κ3) is 3.11. The minimum Gasteiger partial charge on any atom is -0.508 e. The van der Waals surface area contributed by atoms with E-state index in [1.54, 1.807) is 28.9 Å². The zero-order valence-corrected chi connectivity index (χ0v) is 12.6. The van der Waals surface area contributed by atoms with E-state index < -0.39 is 0 Å². The van der Waals surface area contributed by atoms with Crippen LogP contribution in [0.2, 0.25) is 0 Å². The molecule has 0 fully saturated rings.